The van der Waals surface area contributed by atoms with E-state index in [0.29, 0.717) is 5.69 Å². The number of nitrogens with one attached hydrogen (secondary N) is 2. The number of amides is 2. The number of hydrogen-bond donors (Lipinski definition) is 2. The Hall–Kier alpha value is -3.26. The molecule has 0 fully saturated rings. The SMILES string of the molecule is Cc1ccc([N+](=O)[O-])cc1NC(=O)CN(C)CC(=O)Nc1c(C)cccc1C. The third-order valence-electron chi connectivity index (χ3n) is 4.28. The van der Waals surface area contributed by atoms with Crippen LogP contribution in [0.2, 0.25) is 0 Å². The van der Waals surface area contributed by atoms with Crippen LogP contribution >= 0.6 is 0 Å². The number of aryl methyl sites for hydroxylation is 3. The third kappa shape index (κ3) is 5.62. The fourth-order valence-electron chi connectivity index (χ4n) is 2.78. The first-order valence-corrected chi connectivity index (χ1v) is 8.77. The molecule has 0 aromatic heterocycles. The number of hydrogen-bond acceptors (Lipinski definition) is 5. The standard InChI is InChI=1S/C20H24N4O4/c1-13-8-9-16(24(27)28)10-17(13)21-18(25)11-23(4)12-19(26)22-20-14(2)6-5-7-15(20)3/h5-10H,11-12H2,1-4H3,(H,21,25)(H,22,26). The van der Waals surface area contributed by atoms with Gasteiger partial charge in [-0.25, -0.2) is 0 Å². The van der Waals surface area contributed by atoms with E-state index in [1.54, 1.807) is 24.9 Å². The summed E-state index contributed by atoms with van der Waals surface area (Å²) in [6, 6.07) is 10.0. The summed E-state index contributed by atoms with van der Waals surface area (Å²) in [5.74, 6) is -0.579. The lowest BCUT2D eigenvalue weighted by Crippen LogP contribution is -2.36. The Morgan fingerprint density at radius 2 is 1.54 bits per heavy atom. The molecule has 2 amide bonds. The predicted molar refractivity (Wildman–Crippen MR) is 109 cm³/mol. The van der Waals surface area contributed by atoms with Crippen molar-refractivity contribution >= 4 is 28.9 Å². The van der Waals surface area contributed by atoms with Crippen LogP contribution in [-0.4, -0.2) is 41.8 Å². The summed E-state index contributed by atoms with van der Waals surface area (Å²) < 4.78 is 0. The van der Waals surface area contributed by atoms with Gasteiger partial charge in [-0.15, -0.1) is 0 Å². The van der Waals surface area contributed by atoms with E-state index in [-0.39, 0.29) is 30.6 Å². The summed E-state index contributed by atoms with van der Waals surface area (Å²) in [5.41, 5.74) is 3.71. The van der Waals surface area contributed by atoms with Gasteiger partial charge in [0.25, 0.3) is 5.69 Å². The molecule has 2 rings (SSSR count). The Kier molecular flexibility index (Phi) is 6.84. The Balaban J connectivity index is 1.93. The highest BCUT2D eigenvalue weighted by Gasteiger charge is 2.15. The molecule has 2 aromatic rings. The van der Waals surface area contributed by atoms with Crippen molar-refractivity contribution in [1.82, 2.24) is 4.90 Å². The molecule has 0 aliphatic heterocycles. The van der Waals surface area contributed by atoms with E-state index in [2.05, 4.69) is 10.6 Å². The van der Waals surface area contributed by atoms with Crippen molar-refractivity contribution < 1.29 is 14.5 Å². The number of anilines is 2. The van der Waals surface area contributed by atoms with Gasteiger partial charge in [0.1, 0.15) is 0 Å². The van der Waals surface area contributed by atoms with Gasteiger partial charge in [0.05, 0.1) is 23.7 Å². The van der Waals surface area contributed by atoms with E-state index in [1.807, 2.05) is 32.0 Å². The zero-order valence-electron chi connectivity index (χ0n) is 16.4. The van der Waals surface area contributed by atoms with Gasteiger partial charge in [-0.2, -0.15) is 0 Å². The van der Waals surface area contributed by atoms with Crippen LogP contribution in [0.3, 0.4) is 0 Å². The summed E-state index contributed by atoms with van der Waals surface area (Å²) in [6.07, 6.45) is 0. The van der Waals surface area contributed by atoms with Crippen LogP contribution in [0.25, 0.3) is 0 Å². The smallest absolute Gasteiger partial charge is 0.271 e. The average molecular weight is 384 g/mol. The number of para-hydroxylation sites is 1. The van der Waals surface area contributed by atoms with Gasteiger partial charge in [0, 0.05) is 17.8 Å². The summed E-state index contributed by atoms with van der Waals surface area (Å²) in [7, 11) is 1.66. The molecule has 0 bridgehead atoms. The number of nitro groups is 1. The van der Waals surface area contributed by atoms with Crippen molar-refractivity contribution in [3.63, 3.8) is 0 Å². The summed E-state index contributed by atoms with van der Waals surface area (Å²) in [5, 5.41) is 16.4. The molecule has 8 nitrogen and oxygen atoms in total. The number of likely N-dealkylation sites (N-methyl/N-ethyl adjacent to an activating group) is 1. The van der Waals surface area contributed by atoms with Crippen molar-refractivity contribution in [2.75, 3.05) is 30.8 Å². The lowest BCUT2D eigenvalue weighted by Gasteiger charge is -2.18. The molecule has 0 heterocycles. The second-order valence-corrected chi connectivity index (χ2v) is 6.79. The summed E-state index contributed by atoms with van der Waals surface area (Å²) in [4.78, 5) is 36.5. The Morgan fingerprint density at radius 1 is 0.964 bits per heavy atom. The molecule has 148 valence electrons. The summed E-state index contributed by atoms with van der Waals surface area (Å²) >= 11 is 0. The van der Waals surface area contributed by atoms with Gasteiger partial charge >= 0.3 is 0 Å². The van der Waals surface area contributed by atoms with Crippen LogP contribution in [0.15, 0.2) is 36.4 Å². The Labute approximate surface area is 163 Å². The van der Waals surface area contributed by atoms with Crippen molar-refractivity contribution in [3.8, 4) is 0 Å². The molecule has 0 saturated heterocycles. The fraction of sp³-hybridized carbons (Fsp3) is 0.300. The molecule has 2 aromatic carbocycles. The topological polar surface area (TPSA) is 105 Å². The Bertz CT molecular complexity index is 891. The van der Waals surface area contributed by atoms with Crippen molar-refractivity contribution in [2.45, 2.75) is 20.8 Å². The lowest BCUT2D eigenvalue weighted by atomic mass is 10.1. The first-order valence-electron chi connectivity index (χ1n) is 8.77. The molecule has 0 aliphatic rings. The van der Waals surface area contributed by atoms with Crippen LogP contribution in [0.4, 0.5) is 17.1 Å². The number of rotatable bonds is 7. The van der Waals surface area contributed by atoms with E-state index in [4.69, 9.17) is 0 Å². The summed E-state index contributed by atoms with van der Waals surface area (Å²) in [6.45, 7) is 5.60. The van der Waals surface area contributed by atoms with Gasteiger partial charge in [-0.1, -0.05) is 24.3 Å². The highest BCUT2D eigenvalue weighted by atomic mass is 16.6. The quantitative estimate of drug-likeness (QED) is 0.564. The van der Waals surface area contributed by atoms with Gasteiger partial charge in [0.15, 0.2) is 0 Å². The molecule has 28 heavy (non-hydrogen) atoms. The number of non-ortho nitro benzene ring substituents is 1. The van der Waals surface area contributed by atoms with Gasteiger partial charge in [0.2, 0.25) is 11.8 Å². The van der Waals surface area contributed by atoms with E-state index < -0.39 is 4.92 Å². The molecular weight excluding hydrogens is 360 g/mol. The van der Waals surface area contributed by atoms with Crippen molar-refractivity contribution in [2.24, 2.45) is 0 Å². The van der Waals surface area contributed by atoms with Crippen LogP contribution in [0, 0.1) is 30.9 Å². The van der Waals surface area contributed by atoms with Crippen molar-refractivity contribution in [1.29, 1.82) is 0 Å². The van der Waals surface area contributed by atoms with E-state index >= 15 is 0 Å². The van der Waals surface area contributed by atoms with Crippen molar-refractivity contribution in [3.05, 3.63) is 63.2 Å². The minimum absolute atomic E-state index is 0.0255. The number of nitro benzene ring substituents is 1. The molecule has 0 aliphatic carbocycles. The van der Waals surface area contributed by atoms with E-state index in [1.165, 1.54) is 12.1 Å². The largest absolute Gasteiger partial charge is 0.324 e. The molecular formula is C20H24N4O4. The normalized spacial score (nSPS) is 10.6. The van der Waals surface area contributed by atoms with Crippen LogP contribution < -0.4 is 10.6 Å². The lowest BCUT2D eigenvalue weighted by molar-refractivity contribution is -0.384. The highest BCUT2D eigenvalue weighted by molar-refractivity contribution is 5.95. The van der Waals surface area contributed by atoms with Gasteiger partial charge < -0.3 is 10.6 Å². The monoisotopic (exact) mass is 384 g/mol. The molecule has 0 saturated carbocycles. The zero-order valence-corrected chi connectivity index (χ0v) is 16.4. The van der Waals surface area contributed by atoms with Crippen LogP contribution in [0.1, 0.15) is 16.7 Å². The second-order valence-electron chi connectivity index (χ2n) is 6.79. The third-order valence-corrected chi connectivity index (χ3v) is 4.28. The minimum Gasteiger partial charge on any atom is -0.324 e. The number of carbonyl (C=O) groups is 2. The number of nitrogens with zero attached hydrogens (tertiary/aromatic N) is 2. The minimum atomic E-state index is -0.515. The maximum atomic E-state index is 12.3. The van der Waals surface area contributed by atoms with Gasteiger partial charge in [-0.05, 0) is 44.5 Å². The van der Waals surface area contributed by atoms with Gasteiger partial charge in [-0.3, -0.25) is 24.6 Å². The zero-order chi connectivity index (χ0) is 20.8. The Morgan fingerprint density at radius 3 is 2.11 bits per heavy atom. The fourth-order valence-corrected chi connectivity index (χ4v) is 2.78. The molecule has 2 N–H and O–H groups in total. The molecule has 0 unspecified atom stereocenters. The molecule has 0 atom stereocenters. The molecule has 0 spiro atoms. The van der Waals surface area contributed by atoms with Crippen LogP contribution in [0.5, 0.6) is 0 Å². The van der Waals surface area contributed by atoms with Crippen LogP contribution in [-0.2, 0) is 9.59 Å². The average Bonchev–Trinajstić information content (AvgIpc) is 2.59. The van der Waals surface area contributed by atoms with E-state index in [0.717, 1.165) is 22.4 Å². The maximum absolute atomic E-state index is 12.3. The number of carbonyl (C=O) groups excluding carboxylic acids is 2. The number of benzene rings is 2. The second kappa shape index (κ2) is 9.09. The highest BCUT2D eigenvalue weighted by Crippen LogP contribution is 2.22. The maximum Gasteiger partial charge on any atom is 0.271 e. The first-order chi connectivity index (χ1) is 13.2. The first kappa shape index (κ1) is 21.0. The molecule has 0 radical (unpaired) electrons. The van der Waals surface area contributed by atoms with E-state index in [9.17, 15) is 19.7 Å². The predicted octanol–water partition coefficient (Wildman–Crippen LogP) is 3.03. The molecule has 8 heteroatoms.